The number of hydrogen-bond donors (Lipinski definition) is 1. The van der Waals surface area contributed by atoms with Gasteiger partial charge >= 0.3 is 11.9 Å². The van der Waals surface area contributed by atoms with E-state index in [0.717, 1.165) is 5.56 Å². The van der Waals surface area contributed by atoms with Crippen LogP contribution in [0.1, 0.15) is 47.2 Å². The van der Waals surface area contributed by atoms with Gasteiger partial charge in [-0.05, 0) is 77.3 Å². The van der Waals surface area contributed by atoms with Gasteiger partial charge in [0.1, 0.15) is 17.5 Å². The number of rotatable bonds is 8. The van der Waals surface area contributed by atoms with Gasteiger partial charge in [-0.1, -0.05) is 48.0 Å². The van der Waals surface area contributed by atoms with Crippen molar-refractivity contribution in [3.05, 3.63) is 115 Å². The SMILES string of the molecule is CC(C)Oc1ccc(-n2c(C(=O)NCc3ccccc3)c3n(c2=O)CCN([C@@H](c2ccc(Br)c(Cl)c2)C(F)(F)F)C3)cc1. The fraction of sp³-hybridized carbons (Fsp3) is 0.290. The molecule has 0 fully saturated rings. The number of amides is 1. The van der Waals surface area contributed by atoms with E-state index in [2.05, 4.69) is 21.2 Å². The molecule has 226 valence electrons. The zero-order chi connectivity index (χ0) is 30.9. The van der Waals surface area contributed by atoms with Gasteiger partial charge in [0.25, 0.3) is 5.91 Å². The molecule has 5 rings (SSSR count). The Labute approximate surface area is 260 Å². The van der Waals surface area contributed by atoms with E-state index in [1.165, 1.54) is 32.2 Å². The predicted molar refractivity (Wildman–Crippen MR) is 162 cm³/mol. The van der Waals surface area contributed by atoms with Crippen molar-refractivity contribution in [3.63, 3.8) is 0 Å². The molecule has 0 unspecified atom stereocenters. The smallest absolute Gasteiger partial charge is 0.408 e. The lowest BCUT2D eigenvalue weighted by Crippen LogP contribution is -2.44. The first kappa shape index (κ1) is 30.9. The quantitative estimate of drug-likeness (QED) is 0.221. The predicted octanol–water partition coefficient (Wildman–Crippen LogP) is 6.89. The Hall–Kier alpha value is -3.54. The highest BCUT2D eigenvalue weighted by molar-refractivity contribution is 9.10. The maximum atomic E-state index is 14.6. The molecule has 0 saturated carbocycles. The topological polar surface area (TPSA) is 68.5 Å². The molecule has 1 N–H and O–H groups in total. The summed E-state index contributed by atoms with van der Waals surface area (Å²) in [7, 11) is 0. The minimum Gasteiger partial charge on any atom is -0.491 e. The first-order valence-electron chi connectivity index (χ1n) is 13.6. The van der Waals surface area contributed by atoms with Crippen LogP contribution < -0.4 is 15.7 Å². The fourth-order valence-corrected chi connectivity index (χ4v) is 5.70. The summed E-state index contributed by atoms with van der Waals surface area (Å²) in [4.78, 5) is 28.7. The second kappa shape index (κ2) is 12.6. The lowest BCUT2D eigenvalue weighted by molar-refractivity contribution is -0.190. The van der Waals surface area contributed by atoms with Gasteiger partial charge < -0.3 is 10.1 Å². The molecule has 43 heavy (non-hydrogen) atoms. The average Bonchev–Trinajstić information content (AvgIpc) is 3.25. The molecule has 1 amide bonds. The summed E-state index contributed by atoms with van der Waals surface area (Å²) in [5.74, 6) is 0.00695. The fourth-order valence-electron chi connectivity index (χ4n) is 5.27. The van der Waals surface area contributed by atoms with Gasteiger partial charge in [-0.25, -0.2) is 4.79 Å². The van der Waals surface area contributed by atoms with Crippen LogP contribution in [0.15, 0.2) is 82.1 Å². The Morgan fingerprint density at radius 2 is 1.74 bits per heavy atom. The van der Waals surface area contributed by atoms with Gasteiger partial charge in [0, 0.05) is 30.7 Å². The van der Waals surface area contributed by atoms with Crippen LogP contribution >= 0.6 is 27.5 Å². The molecule has 12 heteroatoms. The monoisotopic (exact) mass is 676 g/mol. The Morgan fingerprint density at radius 1 is 1.05 bits per heavy atom. The van der Waals surface area contributed by atoms with Gasteiger partial charge in [0.15, 0.2) is 0 Å². The van der Waals surface area contributed by atoms with Crippen LogP contribution in [-0.2, 0) is 19.6 Å². The zero-order valence-electron chi connectivity index (χ0n) is 23.4. The molecule has 3 aromatic carbocycles. The summed E-state index contributed by atoms with van der Waals surface area (Å²) >= 11 is 9.40. The summed E-state index contributed by atoms with van der Waals surface area (Å²) in [6.07, 6.45) is -4.72. The van der Waals surface area contributed by atoms with Gasteiger partial charge in [-0.2, -0.15) is 13.2 Å². The summed E-state index contributed by atoms with van der Waals surface area (Å²) in [6.45, 7) is 3.55. The van der Waals surface area contributed by atoms with Gasteiger partial charge in [-0.3, -0.25) is 18.8 Å². The highest BCUT2D eigenvalue weighted by Crippen LogP contribution is 2.41. The molecule has 2 heterocycles. The lowest BCUT2D eigenvalue weighted by Gasteiger charge is -2.36. The van der Waals surface area contributed by atoms with Crippen molar-refractivity contribution in [2.45, 2.75) is 51.8 Å². The highest BCUT2D eigenvalue weighted by Gasteiger charge is 2.46. The summed E-state index contributed by atoms with van der Waals surface area (Å²) in [5, 5.41) is 3.00. The first-order valence-corrected chi connectivity index (χ1v) is 14.8. The second-order valence-electron chi connectivity index (χ2n) is 10.5. The van der Waals surface area contributed by atoms with Crippen LogP contribution in [-0.4, -0.2) is 38.8 Å². The number of benzene rings is 3. The molecule has 0 radical (unpaired) electrons. The van der Waals surface area contributed by atoms with Crippen LogP contribution in [0.4, 0.5) is 13.2 Å². The number of alkyl halides is 3. The molecule has 1 atom stereocenters. The number of nitrogens with one attached hydrogen (secondary N) is 1. The van der Waals surface area contributed by atoms with E-state index in [4.69, 9.17) is 16.3 Å². The molecular weight excluding hydrogens is 649 g/mol. The molecule has 0 saturated heterocycles. The van der Waals surface area contributed by atoms with Crippen LogP contribution in [0.3, 0.4) is 0 Å². The zero-order valence-corrected chi connectivity index (χ0v) is 25.7. The van der Waals surface area contributed by atoms with Crippen LogP contribution in [0.2, 0.25) is 5.02 Å². The van der Waals surface area contributed by atoms with Crippen LogP contribution in [0.5, 0.6) is 5.75 Å². The largest absolute Gasteiger partial charge is 0.491 e. The number of nitrogens with zero attached hydrogens (tertiary/aromatic N) is 3. The molecule has 0 bridgehead atoms. The molecule has 1 aliphatic rings. The lowest BCUT2D eigenvalue weighted by atomic mass is 10.0. The third-order valence-electron chi connectivity index (χ3n) is 7.12. The molecule has 7 nitrogen and oxygen atoms in total. The van der Waals surface area contributed by atoms with Gasteiger partial charge in [0.2, 0.25) is 0 Å². The first-order chi connectivity index (χ1) is 20.4. The number of imidazole rings is 1. The van der Waals surface area contributed by atoms with Crippen molar-refractivity contribution in [2.75, 3.05) is 6.54 Å². The molecular formula is C31H29BrClF3N4O3. The molecule has 4 aromatic rings. The van der Waals surface area contributed by atoms with Crippen molar-refractivity contribution in [2.24, 2.45) is 0 Å². The average molecular weight is 678 g/mol. The minimum absolute atomic E-state index is 0.0158. The number of carbonyl (C=O) groups is 1. The highest BCUT2D eigenvalue weighted by atomic mass is 79.9. The Morgan fingerprint density at radius 3 is 2.37 bits per heavy atom. The third-order valence-corrected chi connectivity index (χ3v) is 8.35. The number of carbonyl (C=O) groups excluding carboxylic acids is 1. The van der Waals surface area contributed by atoms with Crippen molar-refractivity contribution < 1.29 is 22.7 Å². The van der Waals surface area contributed by atoms with Crippen molar-refractivity contribution in [3.8, 4) is 11.4 Å². The summed E-state index contributed by atoms with van der Waals surface area (Å²) in [5.41, 5.74) is 0.865. The third kappa shape index (κ3) is 6.68. The van der Waals surface area contributed by atoms with E-state index in [1.54, 1.807) is 24.3 Å². The molecule has 1 aromatic heterocycles. The van der Waals surface area contributed by atoms with Crippen LogP contribution in [0, 0.1) is 0 Å². The standard InChI is InChI=1S/C31H29BrClF3N4O3/c1-19(2)43-23-11-9-22(10-12-23)40-27(29(41)37-17-20-6-4-3-5-7-20)26-18-38(14-15-39(26)30(40)42)28(31(34,35)36)21-8-13-24(32)25(33)16-21/h3-13,16,19,28H,14-15,17-18H2,1-2H3,(H,37,41)/t28-/m0/s1. The Bertz CT molecular complexity index is 1670. The maximum absolute atomic E-state index is 14.6. The number of ether oxygens (including phenoxy) is 1. The summed E-state index contributed by atoms with van der Waals surface area (Å²) < 4.78 is 52.6. The van der Waals surface area contributed by atoms with E-state index >= 15 is 0 Å². The van der Waals surface area contributed by atoms with E-state index < -0.39 is 23.8 Å². The molecule has 0 spiro atoms. The number of aromatic nitrogens is 2. The Kier molecular flexibility index (Phi) is 9.05. The second-order valence-corrected chi connectivity index (χ2v) is 11.7. The maximum Gasteiger partial charge on any atom is 0.408 e. The van der Waals surface area contributed by atoms with Crippen molar-refractivity contribution >= 4 is 33.4 Å². The Balaban J connectivity index is 1.57. The van der Waals surface area contributed by atoms with Gasteiger partial charge in [0.05, 0.1) is 22.5 Å². The van der Waals surface area contributed by atoms with Crippen LogP contribution in [0.25, 0.3) is 5.69 Å². The number of halogens is 5. The van der Waals surface area contributed by atoms with Crippen molar-refractivity contribution in [1.82, 2.24) is 19.4 Å². The minimum atomic E-state index is -4.65. The van der Waals surface area contributed by atoms with Crippen molar-refractivity contribution in [1.29, 1.82) is 0 Å². The molecule has 0 aliphatic carbocycles. The van der Waals surface area contributed by atoms with E-state index in [0.29, 0.717) is 15.9 Å². The van der Waals surface area contributed by atoms with Gasteiger partial charge in [-0.15, -0.1) is 0 Å². The van der Waals surface area contributed by atoms with E-state index in [-0.39, 0.29) is 54.3 Å². The summed E-state index contributed by atoms with van der Waals surface area (Å²) in [6, 6.07) is 18.0. The molecule has 1 aliphatic heterocycles. The van der Waals surface area contributed by atoms with E-state index in [9.17, 15) is 22.8 Å². The number of fused-ring (bicyclic) bond motifs is 1. The number of hydrogen-bond acceptors (Lipinski definition) is 4. The van der Waals surface area contributed by atoms with E-state index in [1.807, 2.05) is 44.2 Å². The normalized spacial score (nSPS) is 14.4.